The summed E-state index contributed by atoms with van der Waals surface area (Å²) in [6.45, 7) is 2.34. The zero-order chi connectivity index (χ0) is 20.4. The Morgan fingerprint density at radius 3 is 2.72 bits per heavy atom. The van der Waals surface area contributed by atoms with Crippen LogP contribution >= 0.6 is 0 Å². The molecule has 9 heteroatoms. The molecule has 0 aliphatic carbocycles. The van der Waals surface area contributed by atoms with Gasteiger partial charge in [-0.05, 0) is 24.6 Å². The minimum Gasteiger partial charge on any atom is -0.480 e. The summed E-state index contributed by atoms with van der Waals surface area (Å²) in [7, 11) is 3.28. The molecule has 4 aromatic rings. The van der Waals surface area contributed by atoms with Crippen LogP contribution in [0.2, 0.25) is 0 Å². The minimum atomic E-state index is -0.130. The largest absolute Gasteiger partial charge is 0.480 e. The molecule has 0 atom stereocenters. The number of hydrogen-bond donors (Lipinski definition) is 1. The van der Waals surface area contributed by atoms with Crippen molar-refractivity contribution in [2.75, 3.05) is 14.2 Å². The molecule has 29 heavy (non-hydrogen) atoms. The summed E-state index contributed by atoms with van der Waals surface area (Å²) in [5.41, 5.74) is 3.13. The minimum absolute atomic E-state index is 0.130. The number of para-hydroxylation sites is 2. The second-order valence-electron chi connectivity index (χ2n) is 6.57. The number of rotatable bonds is 6. The van der Waals surface area contributed by atoms with Gasteiger partial charge in [0.05, 0.1) is 42.1 Å². The maximum absolute atomic E-state index is 13.1. The Bertz CT molecular complexity index is 1110. The van der Waals surface area contributed by atoms with Crippen molar-refractivity contribution in [3.63, 3.8) is 0 Å². The van der Waals surface area contributed by atoms with Gasteiger partial charge in [0.15, 0.2) is 5.82 Å². The molecule has 0 fully saturated rings. The van der Waals surface area contributed by atoms with Gasteiger partial charge in [-0.15, -0.1) is 10.2 Å². The van der Waals surface area contributed by atoms with Crippen LogP contribution < -0.4 is 4.74 Å². The highest BCUT2D eigenvalue weighted by Crippen LogP contribution is 2.18. The number of aromatic nitrogens is 6. The Kier molecular flexibility index (Phi) is 4.94. The van der Waals surface area contributed by atoms with Crippen LogP contribution in [0.5, 0.6) is 5.88 Å². The van der Waals surface area contributed by atoms with Crippen molar-refractivity contribution >= 4 is 16.9 Å². The number of amides is 1. The van der Waals surface area contributed by atoms with Gasteiger partial charge in [-0.25, -0.2) is 9.67 Å². The van der Waals surface area contributed by atoms with E-state index in [4.69, 9.17) is 4.74 Å². The number of ether oxygens (including phenoxy) is 1. The van der Waals surface area contributed by atoms with E-state index in [2.05, 4.69) is 25.3 Å². The second-order valence-corrected chi connectivity index (χ2v) is 6.57. The first kappa shape index (κ1) is 18.6. The summed E-state index contributed by atoms with van der Waals surface area (Å²) in [4.78, 5) is 22.5. The molecule has 1 aromatic carbocycles. The lowest BCUT2D eigenvalue weighted by molar-refractivity contribution is 0.0781. The number of carbonyl (C=O) groups is 1. The third-order valence-corrected chi connectivity index (χ3v) is 4.66. The summed E-state index contributed by atoms with van der Waals surface area (Å²) < 4.78 is 6.68. The fourth-order valence-electron chi connectivity index (χ4n) is 3.21. The van der Waals surface area contributed by atoms with Crippen molar-refractivity contribution in [3.8, 4) is 11.7 Å². The maximum atomic E-state index is 13.1. The molecule has 3 heterocycles. The van der Waals surface area contributed by atoms with Crippen LogP contribution in [0.25, 0.3) is 16.9 Å². The Hall–Kier alpha value is -3.75. The summed E-state index contributed by atoms with van der Waals surface area (Å²) in [5, 5.41) is 12.5. The van der Waals surface area contributed by atoms with Crippen LogP contribution in [-0.4, -0.2) is 54.9 Å². The SMILES string of the molecule is CCc1c(C(=O)N(C)Cc2nc3ccccc3[nH]2)cnn1-c1ccc(OC)nn1. The molecule has 148 valence electrons. The molecular formula is C20H21N7O2. The van der Waals surface area contributed by atoms with Gasteiger partial charge in [-0.2, -0.15) is 5.10 Å². The molecule has 0 aliphatic rings. The first-order valence-electron chi connectivity index (χ1n) is 9.24. The summed E-state index contributed by atoms with van der Waals surface area (Å²) >= 11 is 0. The lowest BCUT2D eigenvalue weighted by Crippen LogP contribution is -2.27. The molecule has 0 spiro atoms. The summed E-state index contributed by atoms with van der Waals surface area (Å²) in [6, 6.07) is 11.2. The topological polar surface area (TPSA) is 102 Å². The van der Waals surface area contributed by atoms with Crippen molar-refractivity contribution in [1.82, 2.24) is 34.8 Å². The monoisotopic (exact) mass is 391 g/mol. The standard InChI is InChI=1S/C20H21N7O2/c1-4-16-13(11-21-27(16)18-9-10-19(29-3)25-24-18)20(28)26(2)12-17-22-14-7-5-6-8-15(14)23-17/h5-11H,4,12H2,1-3H3,(H,22,23). The van der Waals surface area contributed by atoms with E-state index in [-0.39, 0.29) is 5.91 Å². The van der Waals surface area contributed by atoms with E-state index in [0.717, 1.165) is 22.6 Å². The lowest BCUT2D eigenvalue weighted by atomic mass is 10.2. The number of benzene rings is 1. The van der Waals surface area contributed by atoms with Crippen molar-refractivity contribution in [2.45, 2.75) is 19.9 Å². The Morgan fingerprint density at radius 2 is 2.03 bits per heavy atom. The van der Waals surface area contributed by atoms with Crippen molar-refractivity contribution < 1.29 is 9.53 Å². The first-order valence-corrected chi connectivity index (χ1v) is 9.24. The van der Waals surface area contributed by atoms with Crippen LogP contribution in [0.15, 0.2) is 42.6 Å². The zero-order valence-electron chi connectivity index (χ0n) is 16.5. The lowest BCUT2D eigenvalue weighted by Gasteiger charge is -2.16. The van der Waals surface area contributed by atoms with Crippen LogP contribution in [0.3, 0.4) is 0 Å². The van der Waals surface area contributed by atoms with E-state index in [1.165, 1.54) is 7.11 Å². The van der Waals surface area contributed by atoms with Gasteiger partial charge in [0.1, 0.15) is 5.82 Å². The van der Waals surface area contributed by atoms with Gasteiger partial charge in [-0.3, -0.25) is 4.79 Å². The van der Waals surface area contributed by atoms with Gasteiger partial charge < -0.3 is 14.6 Å². The third kappa shape index (κ3) is 3.54. The molecule has 9 nitrogen and oxygen atoms in total. The van der Waals surface area contributed by atoms with E-state index < -0.39 is 0 Å². The predicted molar refractivity (Wildman–Crippen MR) is 107 cm³/mol. The Balaban J connectivity index is 1.58. The van der Waals surface area contributed by atoms with Crippen LogP contribution in [0, 0.1) is 0 Å². The van der Waals surface area contributed by atoms with Gasteiger partial charge >= 0.3 is 0 Å². The van der Waals surface area contributed by atoms with E-state index in [0.29, 0.717) is 30.2 Å². The van der Waals surface area contributed by atoms with Crippen LogP contribution in [-0.2, 0) is 13.0 Å². The zero-order valence-corrected chi connectivity index (χ0v) is 16.5. The van der Waals surface area contributed by atoms with Crippen molar-refractivity contribution in [2.24, 2.45) is 0 Å². The molecule has 0 unspecified atom stereocenters. The van der Waals surface area contributed by atoms with Crippen LogP contribution in [0.1, 0.15) is 28.8 Å². The number of methoxy groups -OCH3 is 1. The average molecular weight is 391 g/mol. The Labute approximate surface area is 167 Å². The molecule has 0 saturated carbocycles. The maximum Gasteiger partial charge on any atom is 0.257 e. The smallest absolute Gasteiger partial charge is 0.257 e. The molecule has 0 saturated heterocycles. The number of aromatic amines is 1. The number of nitrogens with zero attached hydrogens (tertiary/aromatic N) is 6. The first-order chi connectivity index (χ1) is 14.1. The molecule has 0 radical (unpaired) electrons. The van der Waals surface area contributed by atoms with Crippen LogP contribution in [0.4, 0.5) is 0 Å². The highest BCUT2D eigenvalue weighted by molar-refractivity contribution is 5.95. The number of H-pyrrole nitrogens is 1. The quantitative estimate of drug-likeness (QED) is 0.541. The van der Waals surface area contributed by atoms with Gasteiger partial charge in [-0.1, -0.05) is 19.1 Å². The molecule has 4 rings (SSSR count). The van der Waals surface area contributed by atoms with E-state index in [1.807, 2.05) is 31.2 Å². The second kappa shape index (κ2) is 7.70. The fraction of sp³-hybridized carbons (Fsp3) is 0.250. The van der Waals surface area contributed by atoms with Gasteiger partial charge in [0.25, 0.3) is 5.91 Å². The molecule has 0 aliphatic heterocycles. The third-order valence-electron chi connectivity index (χ3n) is 4.66. The van der Waals surface area contributed by atoms with Crippen molar-refractivity contribution in [3.05, 3.63) is 59.7 Å². The van der Waals surface area contributed by atoms with Crippen molar-refractivity contribution in [1.29, 1.82) is 0 Å². The van der Waals surface area contributed by atoms with E-state index >= 15 is 0 Å². The highest BCUT2D eigenvalue weighted by atomic mass is 16.5. The molecule has 1 amide bonds. The predicted octanol–water partition coefficient (Wildman–Crippen LogP) is 2.38. The number of hydrogen-bond acceptors (Lipinski definition) is 6. The number of imidazole rings is 1. The average Bonchev–Trinajstić information content (AvgIpc) is 3.36. The van der Waals surface area contributed by atoms with E-state index in [9.17, 15) is 4.79 Å². The fourth-order valence-corrected chi connectivity index (χ4v) is 3.21. The molecular weight excluding hydrogens is 370 g/mol. The number of carbonyl (C=O) groups excluding carboxylic acids is 1. The highest BCUT2D eigenvalue weighted by Gasteiger charge is 2.21. The van der Waals surface area contributed by atoms with E-state index in [1.54, 1.807) is 35.0 Å². The Morgan fingerprint density at radius 1 is 1.21 bits per heavy atom. The molecule has 0 bridgehead atoms. The molecule has 1 N–H and O–H groups in total. The number of nitrogens with one attached hydrogen (secondary N) is 1. The summed E-state index contributed by atoms with van der Waals surface area (Å²) in [5.74, 6) is 1.55. The number of fused-ring (bicyclic) bond motifs is 1. The normalized spacial score (nSPS) is 11.0. The van der Waals surface area contributed by atoms with Gasteiger partial charge in [0, 0.05) is 13.1 Å². The molecule has 3 aromatic heterocycles. The summed E-state index contributed by atoms with van der Waals surface area (Å²) in [6.07, 6.45) is 2.19. The van der Waals surface area contributed by atoms with Gasteiger partial charge in [0.2, 0.25) is 5.88 Å².